The lowest BCUT2D eigenvalue weighted by molar-refractivity contribution is 0.262. The molecular weight excluding hydrogens is 252 g/mol. The highest BCUT2D eigenvalue weighted by molar-refractivity contribution is 5.66. The minimum Gasteiger partial charge on any atom is -0.476 e. The maximum atomic E-state index is 6.11. The summed E-state index contributed by atoms with van der Waals surface area (Å²) in [6.45, 7) is 4.81. The van der Waals surface area contributed by atoms with Crippen LogP contribution >= 0.6 is 0 Å². The summed E-state index contributed by atoms with van der Waals surface area (Å²) < 4.78 is 5.64. The van der Waals surface area contributed by atoms with Crippen LogP contribution in [0.2, 0.25) is 0 Å². The topological polar surface area (TPSA) is 73.1 Å². The molecule has 5 nitrogen and oxygen atoms in total. The van der Waals surface area contributed by atoms with Gasteiger partial charge in [0.2, 0.25) is 5.88 Å². The molecule has 0 aromatic carbocycles. The highest BCUT2D eigenvalue weighted by atomic mass is 16.5. The Morgan fingerprint density at radius 3 is 2.60 bits per heavy atom. The van der Waals surface area contributed by atoms with Gasteiger partial charge >= 0.3 is 0 Å². The first kappa shape index (κ1) is 14.9. The molecule has 5 heteroatoms. The molecule has 112 valence electrons. The van der Waals surface area contributed by atoms with Crippen LogP contribution in [0.15, 0.2) is 6.33 Å². The molecule has 0 aliphatic heterocycles. The summed E-state index contributed by atoms with van der Waals surface area (Å²) >= 11 is 0. The Balaban J connectivity index is 2.01. The summed E-state index contributed by atoms with van der Waals surface area (Å²) in [5, 5.41) is 3.46. The zero-order valence-corrected chi connectivity index (χ0v) is 12.6. The summed E-state index contributed by atoms with van der Waals surface area (Å²) in [5.41, 5.74) is 6.64. The molecule has 0 bridgehead atoms. The summed E-state index contributed by atoms with van der Waals surface area (Å²) in [6.07, 6.45) is 9.11. The average Bonchev–Trinajstić information content (AvgIpc) is 2.68. The first-order valence-corrected chi connectivity index (χ1v) is 7.66. The quantitative estimate of drug-likeness (QED) is 0.809. The molecule has 1 saturated carbocycles. The van der Waals surface area contributed by atoms with Crippen molar-refractivity contribution in [1.29, 1.82) is 0 Å². The fourth-order valence-corrected chi connectivity index (χ4v) is 2.47. The normalized spacial score (nSPS) is 16.9. The Kier molecular flexibility index (Phi) is 5.44. The zero-order chi connectivity index (χ0) is 14.4. The van der Waals surface area contributed by atoms with Crippen molar-refractivity contribution in [3.8, 4) is 5.88 Å². The van der Waals surface area contributed by atoms with Crippen molar-refractivity contribution < 1.29 is 4.74 Å². The number of ether oxygens (including phenoxy) is 1. The minimum absolute atomic E-state index is 0.447. The van der Waals surface area contributed by atoms with Crippen molar-refractivity contribution in [2.75, 3.05) is 17.7 Å². The summed E-state index contributed by atoms with van der Waals surface area (Å²) in [6, 6.07) is 0.465. The van der Waals surface area contributed by atoms with Crippen molar-refractivity contribution in [1.82, 2.24) is 9.97 Å². The Morgan fingerprint density at radius 2 is 1.95 bits per heavy atom. The molecule has 0 radical (unpaired) electrons. The lowest BCUT2D eigenvalue weighted by Crippen LogP contribution is -2.20. The molecular formula is C15H26N4O. The van der Waals surface area contributed by atoms with Crippen molar-refractivity contribution in [2.24, 2.45) is 5.92 Å². The van der Waals surface area contributed by atoms with Gasteiger partial charge in [-0.1, -0.05) is 39.5 Å². The number of hydrogen-bond acceptors (Lipinski definition) is 5. The van der Waals surface area contributed by atoms with Crippen LogP contribution in [-0.4, -0.2) is 22.6 Å². The molecule has 2 rings (SSSR count). The second kappa shape index (κ2) is 7.31. The lowest BCUT2D eigenvalue weighted by atomic mass is 10.1. The van der Waals surface area contributed by atoms with E-state index in [0.717, 1.165) is 0 Å². The molecule has 0 spiro atoms. The molecule has 3 N–H and O–H groups in total. The number of nitrogen functional groups attached to an aromatic ring is 1. The van der Waals surface area contributed by atoms with Gasteiger partial charge in [0.1, 0.15) is 12.0 Å². The summed E-state index contributed by atoms with van der Waals surface area (Å²) in [7, 11) is 0. The molecule has 0 saturated heterocycles. The number of aromatic nitrogens is 2. The molecule has 20 heavy (non-hydrogen) atoms. The van der Waals surface area contributed by atoms with Gasteiger partial charge in [0.05, 0.1) is 6.61 Å². The largest absolute Gasteiger partial charge is 0.476 e. The van der Waals surface area contributed by atoms with Crippen LogP contribution in [0.4, 0.5) is 11.5 Å². The third kappa shape index (κ3) is 4.25. The first-order valence-electron chi connectivity index (χ1n) is 7.66. The van der Waals surface area contributed by atoms with Gasteiger partial charge in [0, 0.05) is 6.04 Å². The highest BCUT2D eigenvalue weighted by Crippen LogP contribution is 2.28. The van der Waals surface area contributed by atoms with Crippen molar-refractivity contribution in [2.45, 2.75) is 58.4 Å². The van der Waals surface area contributed by atoms with E-state index in [-0.39, 0.29) is 0 Å². The van der Waals surface area contributed by atoms with E-state index in [1.165, 1.54) is 44.9 Å². The van der Waals surface area contributed by atoms with Crippen molar-refractivity contribution in [3.63, 3.8) is 0 Å². The van der Waals surface area contributed by atoms with Crippen LogP contribution in [0, 0.1) is 5.92 Å². The Labute approximate surface area is 121 Å². The molecule has 0 unspecified atom stereocenters. The molecule has 1 aromatic heterocycles. The number of anilines is 2. The van der Waals surface area contributed by atoms with E-state index in [9.17, 15) is 0 Å². The van der Waals surface area contributed by atoms with E-state index in [1.807, 2.05) is 0 Å². The highest BCUT2D eigenvalue weighted by Gasteiger charge is 2.16. The van der Waals surface area contributed by atoms with Crippen LogP contribution in [0.1, 0.15) is 52.4 Å². The number of nitrogens with two attached hydrogens (primary N) is 1. The predicted octanol–water partition coefficient (Wildman–Crippen LogP) is 3.23. The van der Waals surface area contributed by atoms with Crippen LogP contribution in [0.25, 0.3) is 0 Å². The van der Waals surface area contributed by atoms with Gasteiger partial charge in [-0.2, -0.15) is 4.98 Å². The second-order valence-corrected chi connectivity index (χ2v) is 5.98. The lowest BCUT2D eigenvalue weighted by Gasteiger charge is -2.19. The second-order valence-electron chi connectivity index (χ2n) is 5.98. The number of hydrogen-bond donors (Lipinski definition) is 2. The van der Waals surface area contributed by atoms with E-state index in [1.54, 1.807) is 0 Å². The summed E-state index contributed by atoms with van der Waals surface area (Å²) in [5.74, 6) is 1.65. The van der Waals surface area contributed by atoms with Crippen LogP contribution in [0.5, 0.6) is 5.88 Å². The van der Waals surface area contributed by atoms with Gasteiger partial charge in [-0.15, -0.1) is 0 Å². The maximum absolute atomic E-state index is 6.11. The van der Waals surface area contributed by atoms with Gasteiger partial charge in [0.25, 0.3) is 0 Å². The van der Waals surface area contributed by atoms with Gasteiger partial charge in [-0.05, 0) is 18.8 Å². The minimum atomic E-state index is 0.447. The SMILES string of the molecule is CC(C)COc1ncnc(NC2CCCCCC2)c1N. The average molecular weight is 278 g/mol. The predicted molar refractivity (Wildman–Crippen MR) is 81.9 cm³/mol. The monoisotopic (exact) mass is 278 g/mol. The van der Waals surface area contributed by atoms with Gasteiger partial charge in [-0.3, -0.25) is 0 Å². The molecule has 1 aliphatic rings. The molecule has 1 aliphatic carbocycles. The van der Waals surface area contributed by atoms with E-state index < -0.39 is 0 Å². The van der Waals surface area contributed by atoms with Crippen LogP contribution in [0.3, 0.4) is 0 Å². The fraction of sp³-hybridized carbons (Fsp3) is 0.733. The molecule has 0 amide bonds. The Bertz CT molecular complexity index is 414. The third-order valence-electron chi connectivity index (χ3n) is 3.60. The number of rotatable bonds is 5. The summed E-state index contributed by atoms with van der Waals surface area (Å²) in [4.78, 5) is 8.39. The van der Waals surface area contributed by atoms with Crippen LogP contribution < -0.4 is 15.8 Å². The molecule has 1 aromatic rings. The van der Waals surface area contributed by atoms with Gasteiger partial charge in [-0.25, -0.2) is 4.98 Å². The fourth-order valence-electron chi connectivity index (χ4n) is 2.47. The van der Waals surface area contributed by atoms with Crippen molar-refractivity contribution in [3.05, 3.63) is 6.33 Å². The zero-order valence-electron chi connectivity index (χ0n) is 12.6. The van der Waals surface area contributed by atoms with Gasteiger partial charge in [0.15, 0.2) is 5.82 Å². The molecule has 1 heterocycles. The first-order chi connectivity index (χ1) is 9.66. The number of nitrogens with one attached hydrogen (secondary N) is 1. The van der Waals surface area contributed by atoms with Crippen molar-refractivity contribution >= 4 is 11.5 Å². The smallest absolute Gasteiger partial charge is 0.242 e. The van der Waals surface area contributed by atoms with E-state index in [2.05, 4.69) is 29.1 Å². The van der Waals surface area contributed by atoms with E-state index in [0.29, 0.717) is 36.0 Å². The molecule has 1 fully saturated rings. The van der Waals surface area contributed by atoms with E-state index in [4.69, 9.17) is 10.5 Å². The maximum Gasteiger partial charge on any atom is 0.242 e. The third-order valence-corrected chi connectivity index (χ3v) is 3.60. The standard InChI is InChI=1S/C15H26N4O/c1-11(2)9-20-15-13(16)14(17-10-18-15)19-12-7-5-3-4-6-8-12/h10-12H,3-9,16H2,1-2H3,(H,17,18,19). The number of nitrogens with zero attached hydrogens (tertiary/aromatic N) is 2. The Morgan fingerprint density at radius 1 is 1.25 bits per heavy atom. The van der Waals surface area contributed by atoms with Gasteiger partial charge < -0.3 is 15.8 Å². The van der Waals surface area contributed by atoms with Crippen LogP contribution in [-0.2, 0) is 0 Å². The molecule has 0 atom stereocenters. The Hall–Kier alpha value is -1.52. The van der Waals surface area contributed by atoms with E-state index >= 15 is 0 Å².